The monoisotopic (exact) mass is 561 g/mol. The Morgan fingerprint density at radius 3 is 2.55 bits per heavy atom. The Morgan fingerprint density at radius 1 is 1.18 bits per heavy atom. The molecule has 10 nitrogen and oxygen atoms in total. The summed E-state index contributed by atoms with van der Waals surface area (Å²) in [6, 6.07) is 4.53. The summed E-state index contributed by atoms with van der Waals surface area (Å²) in [5, 5.41) is -0.314. The largest absolute Gasteiger partial charge is 0.463 e. The van der Waals surface area contributed by atoms with Gasteiger partial charge in [0.25, 0.3) is 11.4 Å². The van der Waals surface area contributed by atoms with Crippen LogP contribution in [-0.2, 0) is 27.5 Å². The van der Waals surface area contributed by atoms with E-state index in [1.165, 1.54) is 25.4 Å². The number of rotatable bonds is 9. The van der Waals surface area contributed by atoms with E-state index in [0.717, 1.165) is 13.1 Å². The topological polar surface area (TPSA) is 111 Å². The fourth-order valence-electron chi connectivity index (χ4n) is 3.02. The molecule has 0 aliphatic carbocycles. The second-order valence-corrected chi connectivity index (χ2v) is 8.11. The Morgan fingerprint density at radius 2 is 1.89 bits per heavy atom. The zero-order valence-corrected chi connectivity index (χ0v) is 20.8. The zero-order valence-electron chi connectivity index (χ0n) is 20.0. The summed E-state index contributed by atoms with van der Waals surface area (Å²) in [5.74, 6) is -2.50. The Balaban J connectivity index is 1.94. The molecule has 0 saturated carbocycles. The molecule has 0 bridgehead atoms. The van der Waals surface area contributed by atoms with E-state index in [-0.39, 0.29) is 50.3 Å². The van der Waals surface area contributed by atoms with Gasteiger partial charge in [-0.15, -0.1) is 0 Å². The van der Waals surface area contributed by atoms with Gasteiger partial charge in [-0.2, -0.15) is 13.2 Å². The molecule has 2 heterocycles. The maximum Gasteiger partial charge on any atom is 0.431 e. The molecule has 3 aromatic rings. The van der Waals surface area contributed by atoms with Crippen molar-refractivity contribution in [1.29, 1.82) is 0 Å². The molecule has 0 N–H and O–H groups in total. The third-order valence-corrected chi connectivity index (χ3v) is 5.31. The fourth-order valence-corrected chi connectivity index (χ4v) is 3.20. The summed E-state index contributed by atoms with van der Waals surface area (Å²) in [5.41, 5.74) is -5.11. The van der Waals surface area contributed by atoms with Gasteiger partial charge < -0.3 is 18.9 Å². The van der Waals surface area contributed by atoms with Crippen LogP contribution in [-0.4, -0.2) is 46.5 Å². The van der Waals surface area contributed by atoms with Gasteiger partial charge in [-0.1, -0.05) is 11.6 Å². The standard InChI is InChI=1S/C23H20ClF4N3O7/c1-12(35-3)10-36-20(33)11-37-21-16(5-4-6-29-21)38-17-8-15(14(25)7-13(17)24)31-19(32)9-18(23(26,27)28)30(2)22(31)34/h4-9,12H,10-11H2,1-3H3. The first kappa shape index (κ1) is 28.7. The van der Waals surface area contributed by atoms with E-state index in [4.69, 9.17) is 30.5 Å². The van der Waals surface area contributed by atoms with Gasteiger partial charge in [-0.3, -0.25) is 9.36 Å². The van der Waals surface area contributed by atoms with Gasteiger partial charge in [0, 0.05) is 32.5 Å². The lowest BCUT2D eigenvalue weighted by Crippen LogP contribution is -2.41. The lowest BCUT2D eigenvalue weighted by Gasteiger charge is -2.16. The number of esters is 1. The first-order valence-corrected chi connectivity index (χ1v) is 11.0. The van der Waals surface area contributed by atoms with E-state index in [1.807, 2.05) is 0 Å². The average molecular weight is 562 g/mol. The highest BCUT2D eigenvalue weighted by Crippen LogP contribution is 2.36. The van der Waals surface area contributed by atoms with Crippen molar-refractivity contribution in [3.8, 4) is 23.1 Å². The number of ether oxygens (including phenoxy) is 4. The van der Waals surface area contributed by atoms with Gasteiger partial charge in [0.15, 0.2) is 12.4 Å². The molecule has 0 fully saturated rings. The van der Waals surface area contributed by atoms with Crippen molar-refractivity contribution < 1.29 is 41.3 Å². The first-order chi connectivity index (χ1) is 17.8. The van der Waals surface area contributed by atoms with E-state index < -0.39 is 47.2 Å². The molecule has 0 radical (unpaired) electrons. The molecule has 0 spiro atoms. The van der Waals surface area contributed by atoms with Crippen molar-refractivity contribution in [2.75, 3.05) is 20.3 Å². The summed E-state index contributed by atoms with van der Waals surface area (Å²) < 4.78 is 75.5. The van der Waals surface area contributed by atoms with E-state index in [9.17, 15) is 31.9 Å². The number of hydrogen-bond donors (Lipinski definition) is 0. The second kappa shape index (κ2) is 11.6. The number of methoxy groups -OCH3 is 1. The van der Waals surface area contributed by atoms with Crippen molar-refractivity contribution in [3.63, 3.8) is 0 Å². The number of nitrogens with zero attached hydrogens (tertiary/aromatic N) is 3. The summed E-state index contributed by atoms with van der Waals surface area (Å²) in [6.07, 6.45) is -4.01. The molecular weight excluding hydrogens is 542 g/mol. The van der Waals surface area contributed by atoms with Crippen molar-refractivity contribution in [3.05, 3.63) is 73.9 Å². The van der Waals surface area contributed by atoms with E-state index in [0.29, 0.717) is 6.07 Å². The minimum atomic E-state index is -5.00. The number of halogens is 5. The highest BCUT2D eigenvalue weighted by molar-refractivity contribution is 6.32. The number of benzene rings is 1. The quantitative estimate of drug-likeness (QED) is 0.288. The normalized spacial score (nSPS) is 12.2. The van der Waals surface area contributed by atoms with Crippen LogP contribution < -0.4 is 20.7 Å². The molecule has 1 unspecified atom stereocenters. The van der Waals surface area contributed by atoms with Gasteiger partial charge in [0.2, 0.25) is 0 Å². The van der Waals surface area contributed by atoms with E-state index in [2.05, 4.69) is 4.98 Å². The molecule has 1 atom stereocenters. The first-order valence-electron chi connectivity index (χ1n) is 10.7. The Kier molecular flexibility index (Phi) is 8.78. The number of pyridine rings is 1. The van der Waals surface area contributed by atoms with Gasteiger partial charge >= 0.3 is 17.8 Å². The zero-order chi connectivity index (χ0) is 28.2. The van der Waals surface area contributed by atoms with Crippen LogP contribution in [0.15, 0.2) is 46.1 Å². The van der Waals surface area contributed by atoms with Crippen molar-refractivity contribution in [2.45, 2.75) is 19.2 Å². The van der Waals surface area contributed by atoms with Crippen molar-refractivity contribution in [1.82, 2.24) is 14.1 Å². The minimum absolute atomic E-state index is 0.0129. The molecule has 0 aliphatic heterocycles. The number of carbonyl (C=O) groups excluding carboxylic acids is 1. The van der Waals surface area contributed by atoms with Crippen LogP contribution in [0, 0.1) is 5.82 Å². The maximum absolute atomic E-state index is 14.8. The van der Waals surface area contributed by atoms with Crippen LogP contribution in [0.25, 0.3) is 5.69 Å². The summed E-state index contributed by atoms with van der Waals surface area (Å²) >= 11 is 6.07. The Hall–Kier alpha value is -3.91. The van der Waals surface area contributed by atoms with Crippen LogP contribution in [0.3, 0.4) is 0 Å². The Labute approximate surface area is 216 Å². The molecule has 2 aromatic heterocycles. The summed E-state index contributed by atoms with van der Waals surface area (Å²) in [4.78, 5) is 40.9. The summed E-state index contributed by atoms with van der Waals surface area (Å²) in [7, 11) is 2.23. The third kappa shape index (κ3) is 6.50. The number of carbonyl (C=O) groups is 1. The average Bonchev–Trinajstić information content (AvgIpc) is 2.86. The third-order valence-electron chi connectivity index (χ3n) is 5.02. The highest BCUT2D eigenvalue weighted by atomic mass is 35.5. The van der Waals surface area contributed by atoms with Crippen LogP contribution in [0.1, 0.15) is 12.6 Å². The van der Waals surface area contributed by atoms with Crippen molar-refractivity contribution in [2.24, 2.45) is 7.05 Å². The van der Waals surface area contributed by atoms with Crippen LogP contribution in [0.2, 0.25) is 5.02 Å². The SMILES string of the molecule is COC(C)COC(=O)COc1ncccc1Oc1cc(-n2c(=O)cc(C(F)(F)F)n(C)c2=O)c(F)cc1Cl. The van der Waals surface area contributed by atoms with Gasteiger partial charge in [0.05, 0.1) is 16.8 Å². The van der Waals surface area contributed by atoms with Gasteiger partial charge in [-0.25, -0.2) is 23.5 Å². The minimum Gasteiger partial charge on any atom is -0.463 e. The number of hydrogen-bond acceptors (Lipinski definition) is 8. The maximum atomic E-state index is 14.8. The smallest absolute Gasteiger partial charge is 0.431 e. The molecule has 0 aliphatic rings. The Bertz CT molecular complexity index is 1460. The lowest BCUT2D eigenvalue weighted by atomic mass is 10.2. The molecule has 38 heavy (non-hydrogen) atoms. The second-order valence-electron chi connectivity index (χ2n) is 7.70. The molecule has 1 aromatic carbocycles. The predicted octanol–water partition coefficient (Wildman–Crippen LogP) is 3.49. The van der Waals surface area contributed by atoms with Crippen LogP contribution in [0.4, 0.5) is 17.6 Å². The molecule has 3 rings (SSSR count). The van der Waals surface area contributed by atoms with Crippen LogP contribution in [0.5, 0.6) is 17.4 Å². The molecule has 15 heteroatoms. The van der Waals surface area contributed by atoms with Gasteiger partial charge in [0.1, 0.15) is 23.9 Å². The van der Waals surface area contributed by atoms with Crippen molar-refractivity contribution >= 4 is 17.6 Å². The lowest BCUT2D eigenvalue weighted by molar-refractivity contribution is -0.149. The summed E-state index contributed by atoms with van der Waals surface area (Å²) in [6.45, 7) is 1.12. The van der Waals surface area contributed by atoms with E-state index in [1.54, 1.807) is 6.92 Å². The number of aromatic nitrogens is 3. The molecular formula is C23H20ClF4N3O7. The molecule has 0 amide bonds. The number of alkyl halides is 3. The molecule has 204 valence electrons. The predicted molar refractivity (Wildman–Crippen MR) is 124 cm³/mol. The van der Waals surface area contributed by atoms with E-state index >= 15 is 0 Å². The van der Waals surface area contributed by atoms with Gasteiger partial charge in [-0.05, 0) is 25.1 Å². The highest BCUT2D eigenvalue weighted by Gasteiger charge is 2.35. The van der Waals surface area contributed by atoms with Crippen LogP contribution >= 0.6 is 11.6 Å². The fraction of sp³-hybridized carbons (Fsp3) is 0.304. The molecule has 0 saturated heterocycles.